The number of anilines is 1. The highest BCUT2D eigenvalue weighted by atomic mass is 19.1. The number of nitrogens with one attached hydrogen (secondary N) is 2. The first kappa shape index (κ1) is 17.1. The molecule has 5 nitrogen and oxygen atoms in total. The number of carbonyl (C=O) groups is 2. The highest BCUT2D eigenvalue weighted by Gasteiger charge is 2.16. The molecule has 0 saturated heterocycles. The monoisotopic (exact) mass is 296 g/mol. The number of rotatable bonds is 5. The molecule has 0 radical (unpaired) electrons. The van der Waals surface area contributed by atoms with Gasteiger partial charge in [0.1, 0.15) is 5.82 Å². The third kappa shape index (κ3) is 5.91. The van der Waals surface area contributed by atoms with Crippen LogP contribution >= 0.6 is 0 Å². The maximum absolute atomic E-state index is 13.3. The Morgan fingerprint density at radius 2 is 1.95 bits per heavy atom. The van der Waals surface area contributed by atoms with E-state index < -0.39 is 23.7 Å². The van der Waals surface area contributed by atoms with Crippen molar-refractivity contribution in [3.63, 3.8) is 0 Å². The van der Waals surface area contributed by atoms with Crippen molar-refractivity contribution in [3.8, 4) is 0 Å². The fourth-order valence-electron chi connectivity index (χ4n) is 1.78. The van der Waals surface area contributed by atoms with E-state index >= 15 is 0 Å². The van der Waals surface area contributed by atoms with Gasteiger partial charge in [0.15, 0.2) is 0 Å². The summed E-state index contributed by atoms with van der Waals surface area (Å²) in [4.78, 5) is 23.2. The maximum Gasteiger partial charge on any atom is 0.313 e. The first-order valence-electron chi connectivity index (χ1n) is 6.83. The zero-order valence-electron chi connectivity index (χ0n) is 12.4. The van der Waals surface area contributed by atoms with Gasteiger partial charge in [-0.05, 0) is 37.0 Å². The number of aliphatic hydroxyl groups is 1. The summed E-state index contributed by atoms with van der Waals surface area (Å²) in [5, 5.41) is 14.3. The van der Waals surface area contributed by atoms with Gasteiger partial charge in [-0.2, -0.15) is 0 Å². The highest BCUT2D eigenvalue weighted by molar-refractivity contribution is 6.39. The van der Waals surface area contributed by atoms with Gasteiger partial charge in [0.25, 0.3) is 0 Å². The molecule has 0 aliphatic rings. The number of carbonyl (C=O) groups excluding carboxylic acids is 2. The Labute approximate surface area is 123 Å². The molecule has 1 aromatic rings. The van der Waals surface area contributed by atoms with Crippen molar-refractivity contribution in [1.29, 1.82) is 0 Å². The van der Waals surface area contributed by atoms with Gasteiger partial charge in [-0.25, -0.2) is 4.39 Å². The van der Waals surface area contributed by atoms with Gasteiger partial charge in [-0.3, -0.25) is 9.59 Å². The second-order valence-corrected chi connectivity index (χ2v) is 5.41. The molecule has 0 spiro atoms. The number of hydrogen-bond acceptors (Lipinski definition) is 3. The second-order valence-electron chi connectivity index (χ2n) is 5.41. The van der Waals surface area contributed by atoms with Crippen molar-refractivity contribution >= 4 is 17.5 Å². The zero-order valence-corrected chi connectivity index (χ0v) is 12.4. The summed E-state index contributed by atoms with van der Waals surface area (Å²) in [6.07, 6.45) is -0.163. The first-order valence-corrected chi connectivity index (χ1v) is 6.83. The van der Waals surface area contributed by atoms with Crippen LogP contribution in [-0.4, -0.2) is 29.6 Å². The molecule has 0 aromatic heterocycles. The van der Waals surface area contributed by atoms with Gasteiger partial charge >= 0.3 is 11.8 Å². The van der Waals surface area contributed by atoms with E-state index in [1.54, 1.807) is 6.92 Å². The van der Waals surface area contributed by atoms with Crippen LogP contribution in [0.1, 0.15) is 25.8 Å². The molecule has 2 amide bonds. The molecular weight excluding hydrogens is 275 g/mol. The summed E-state index contributed by atoms with van der Waals surface area (Å²) in [7, 11) is 0. The van der Waals surface area contributed by atoms with Gasteiger partial charge in [0.05, 0.1) is 6.10 Å². The summed E-state index contributed by atoms with van der Waals surface area (Å²) < 4.78 is 13.3. The van der Waals surface area contributed by atoms with Gasteiger partial charge in [-0.1, -0.05) is 19.9 Å². The van der Waals surface area contributed by atoms with Crippen LogP contribution in [0, 0.1) is 18.7 Å². The average molecular weight is 296 g/mol. The van der Waals surface area contributed by atoms with Crippen molar-refractivity contribution in [2.24, 2.45) is 5.92 Å². The van der Waals surface area contributed by atoms with Crippen LogP contribution in [0.4, 0.5) is 10.1 Å². The predicted molar refractivity (Wildman–Crippen MR) is 78.2 cm³/mol. The molecule has 21 heavy (non-hydrogen) atoms. The van der Waals surface area contributed by atoms with E-state index in [1.165, 1.54) is 12.1 Å². The van der Waals surface area contributed by atoms with E-state index in [4.69, 9.17) is 0 Å². The van der Waals surface area contributed by atoms with Crippen LogP contribution in [0.2, 0.25) is 0 Å². The molecule has 0 fully saturated rings. The van der Waals surface area contributed by atoms with E-state index in [0.29, 0.717) is 17.9 Å². The van der Waals surface area contributed by atoms with Gasteiger partial charge < -0.3 is 15.7 Å². The van der Waals surface area contributed by atoms with Crippen LogP contribution in [0.15, 0.2) is 18.2 Å². The molecule has 0 aliphatic heterocycles. The van der Waals surface area contributed by atoms with Crippen LogP contribution in [0.5, 0.6) is 0 Å². The van der Waals surface area contributed by atoms with E-state index in [1.807, 2.05) is 13.8 Å². The van der Waals surface area contributed by atoms with Crippen molar-refractivity contribution in [1.82, 2.24) is 5.32 Å². The zero-order chi connectivity index (χ0) is 16.0. The van der Waals surface area contributed by atoms with Crippen molar-refractivity contribution in [2.75, 3.05) is 11.9 Å². The second kappa shape index (κ2) is 7.73. The number of aryl methyl sites for hydroxylation is 1. The fraction of sp³-hybridized carbons (Fsp3) is 0.467. The Hall–Kier alpha value is -1.95. The molecule has 116 valence electrons. The normalized spacial score (nSPS) is 12.1. The lowest BCUT2D eigenvalue weighted by Gasteiger charge is -2.13. The van der Waals surface area contributed by atoms with E-state index in [2.05, 4.69) is 10.6 Å². The maximum atomic E-state index is 13.3. The molecule has 0 saturated carbocycles. The third-order valence-corrected chi connectivity index (χ3v) is 2.88. The molecule has 1 aromatic carbocycles. The Kier molecular flexibility index (Phi) is 6.30. The van der Waals surface area contributed by atoms with Gasteiger partial charge in [0.2, 0.25) is 0 Å². The van der Waals surface area contributed by atoms with Crippen molar-refractivity contribution in [3.05, 3.63) is 29.6 Å². The summed E-state index contributed by atoms with van der Waals surface area (Å²) in [5.74, 6) is -1.92. The number of halogens is 1. The Balaban J connectivity index is 2.47. The minimum Gasteiger partial charge on any atom is -0.391 e. The quantitative estimate of drug-likeness (QED) is 0.722. The van der Waals surface area contributed by atoms with Crippen molar-refractivity contribution in [2.45, 2.75) is 33.3 Å². The molecular formula is C15H21FN2O3. The minimum absolute atomic E-state index is 0.00664. The molecule has 1 atom stereocenters. The molecule has 6 heteroatoms. The standard InChI is InChI=1S/C15H21FN2O3/c1-9(2)6-12(19)8-17-14(20)15(21)18-11-5-4-10(3)13(16)7-11/h4-5,7,9,12,19H,6,8H2,1-3H3,(H,17,20)(H,18,21). The third-order valence-electron chi connectivity index (χ3n) is 2.88. The molecule has 0 bridgehead atoms. The summed E-state index contributed by atoms with van der Waals surface area (Å²) in [5.41, 5.74) is 0.662. The predicted octanol–water partition coefficient (Wildman–Crippen LogP) is 1.60. The molecule has 3 N–H and O–H groups in total. The Morgan fingerprint density at radius 3 is 2.52 bits per heavy atom. The summed E-state index contributed by atoms with van der Waals surface area (Å²) >= 11 is 0. The molecule has 1 rings (SSSR count). The van der Waals surface area contributed by atoms with Crippen molar-refractivity contribution < 1.29 is 19.1 Å². The number of aliphatic hydroxyl groups excluding tert-OH is 1. The number of amides is 2. The lowest BCUT2D eigenvalue weighted by molar-refractivity contribution is -0.136. The molecule has 0 aliphatic carbocycles. The van der Waals surface area contributed by atoms with E-state index in [0.717, 1.165) is 6.07 Å². The lowest BCUT2D eigenvalue weighted by Crippen LogP contribution is -2.39. The molecule has 0 heterocycles. The number of benzene rings is 1. The summed E-state index contributed by atoms with van der Waals surface area (Å²) in [6.45, 7) is 5.50. The smallest absolute Gasteiger partial charge is 0.313 e. The first-order chi connectivity index (χ1) is 9.79. The average Bonchev–Trinajstić information content (AvgIpc) is 2.39. The van der Waals surface area contributed by atoms with Crippen LogP contribution in [0.25, 0.3) is 0 Å². The van der Waals surface area contributed by atoms with Gasteiger partial charge in [-0.15, -0.1) is 0 Å². The van der Waals surface area contributed by atoms with E-state index in [-0.39, 0.29) is 12.2 Å². The lowest BCUT2D eigenvalue weighted by atomic mass is 10.1. The highest BCUT2D eigenvalue weighted by Crippen LogP contribution is 2.13. The molecule has 1 unspecified atom stereocenters. The minimum atomic E-state index is -0.894. The van der Waals surface area contributed by atoms with Crippen LogP contribution in [0.3, 0.4) is 0 Å². The summed E-state index contributed by atoms with van der Waals surface area (Å²) in [6, 6.07) is 4.17. The Morgan fingerprint density at radius 1 is 1.29 bits per heavy atom. The topological polar surface area (TPSA) is 78.4 Å². The number of hydrogen-bond donors (Lipinski definition) is 3. The Bertz CT molecular complexity index is 518. The largest absolute Gasteiger partial charge is 0.391 e. The van der Waals surface area contributed by atoms with Gasteiger partial charge in [0, 0.05) is 12.2 Å². The SMILES string of the molecule is Cc1ccc(NC(=O)C(=O)NCC(O)CC(C)C)cc1F. The van der Waals surface area contributed by atoms with Crippen LogP contribution < -0.4 is 10.6 Å². The van der Waals surface area contributed by atoms with Crippen LogP contribution in [-0.2, 0) is 9.59 Å². The van der Waals surface area contributed by atoms with E-state index in [9.17, 15) is 19.1 Å². The fourth-order valence-corrected chi connectivity index (χ4v) is 1.78.